The van der Waals surface area contributed by atoms with E-state index in [-0.39, 0.29) is 18.9 Å². The Morgan fingerprint density at radius 2 is 1.50 bits per heavy atom. The Bertz CT molecular complexity index is 1320. The number of carbonyl (C=O) groups is 3. The van der Waals surface area contributed by atoms with Gasteiger partial charge in [-0.15, -0.1) is 0 Å². The monoisotopic (exact) mass is 572 g/mol. The van der Waals surface area contributed by atoms with Gasteiger partial charge in [-0.25, -0.2) is 0 Å². The molecular formula is C35H44N2O5. The minimum Gasteiger partial charge on any atom is -0.481 e. The maximum Gasteiger partial charge on any atom is 0.304 e. The van der Waals surface area contributed by atoms with Crippen LogP contribution in [0, 0.1) is 18.3 Å². The van der Waals surface area contributed by atoms with Gasteiger partial charge in [0.15, 0.2) is 0 Å². The third-order valence-electron chi connectivity index (χ3n) is 7.48. The average molecular weight is 573 g/mol. The van der Waals surface area contributed by atoms with Crippen molar-refractivity contribution in [1.82, 2.24) is 10.6 Å². The van der Waals surface area contributed by atoms with Crippen molar-refractivity contribution in [3.8, 4) is 11.1 Å². The molecule has 0 aliphatic rings. The maximum atomic E-state index is 13.5. The Labute approximate surface area is 249 Å². The minimum absolute atomic E-state index is 0.270. The molecule has 7 nitrogen and oxygen atoms in total. The van der Waals surface area contributed by atoms with E-state index in [1.54, 1.807) is 7.11 Å². The lowest BCUT2D eigenvalue weighted by atomic mass is 9.84. The van der Waals surface area contributed by atoms with Gasteiger partial charge >= 0.3 is 5.97 Å². The van der Waals surface area contributed by atoms with Crippen LogP contribution in [0.15, 0.2) is 78.9 Å². The number of hydrogen-bond donors (Lipinski definition) is 3. The van der Waals surface area contributed by atoms with Gasteiger partial charge in [-0.2, -0.15) is 0 Å². The number of ether oxygens (including phenoxy) is 1. The first-order valence-corrected chi connectivity index (χ1v) is 14.5. The van der Waals surface area contributed by atoms with E-state index < -0.39 is 35.3 Å². The van der Waals surface area contributed by atoms with Crippen LogP contribution in [0.2, 0.25) is 0 Å². The van der Waals surface area contributed by atoms with Crippen LogP contribution >= 0.6 is 0 Å². The number of carbonyl (C=O) groups excluding carboxylic acids is 2. The number of amides is 2. The van der Waals surface area contributed by atoms with Crippen LogP contribution in [0.5, 0.6) is 0 Å². The molecule has 0 aliphatic carbocycles. The molecule has 3 aromatic rings. The molecule has 3 aromatic carbocycles. The van der Waals surface area contributed by atoms with Gasteiger partial charge in [0.25, 0.3) is 0 Å². The third-order valence-corrected chi connectivity index (χ3v) is 7.48. The Balaban J connectivity index is 1.74. The molecule has 3 N–H and O–H groups in total. The van der Waals surface area contributed by atoms with E-state index in [2.05, 4.69) is 41.8 Å². The van der Waals surface area contributed by atoms with Crippen LogP contribution in [0.25, 0.3) is 11.1 Å². The first-order chi connectivity index (χ1) is 20.0. The van der Waals surface area contributed by atoms with Gasteiger partial charge in [-0.05, 0) is 59.4 Å². The van der Waals surface area contributed by atoms with E-state index in [0.29, 0.717) is 19.3 Å². The lowest BCUT2D eigenvalue weighted by molar-refractivity contribution is -0.142. The molecule has 0 aromatic heterocycles. The summed E-state index contributed by atoms with van der Waals surface area (Å²) >= 11 is 0. The zero-order valence-electron chi connectivity index (χ0n) is 25.4. The Kier molecular flexibility index (Phi) is 11.9. The number of carboxylic acid groups (broad SMARTS) is 1. The number of hydrogen-bond acceptors (Lipinski definition) is 4. The summed E-state index contributed by atoms with van der Waals surface area (Å²) in [4.78, 5) is 38.8. The summed E-state index contributed by atoms with van der Waals surface area (Å²) in [5, 5.41) is 15.5. The normalized spacial score (nSPS) is 13.5. The first-order valence-electron chi connectivity index (χ1n) is 14.5. The molecule has 0 saturated carbocycles. The Morgan fingerprint density at radius 3 is 2.10 bits per heavy atom. The summed E-state index contributed by atoms with van der Waals surface area (Å²) in [5.41, 5.74) is 4.90. The minimum atomic E-state index is -1.04. The summed E-state index contributed by atoms with van der Waals surface area (Å²) in [6.07, 6.45) is 1.41. The molecule has 0 unspecified atom stereocenters. The third kappa shape index (κ3) is 9.28. The number of nitrogens with one attached hydrogen (secondary N) is 2. The molecule has 0 bridgehead atoms. The quantitative estimate of drug-likeness (QED) is 0.216. The molecule has 7 heteroatoms. The van der Waals surface area contributed by atoms with Gasteiger partial charge in [0.05, 0.1) is 19.1 Å². The molecule has 224 valence electrons. The molecule has 0 fully saturated rings. The fraction of sp³-hybridized carbons (Fsp3) is 0.400. The zero-order chi connectivity index (χ0) is 30.7. The molecule has 0 aliphatic heterocycles. The molecule has 3 rings (SSSR count). The van der Waals surface area contributed by atoms with Crippen molar-refractivity contribution in [2.75, 3.05) is 13.7 Å². The largest absolute Gasteiger partial charge is 0.481 e. The first kappa shape index (κ1) is 32.5. The summed E-state index contributed by atoms with van der Waals surface area (Å²) in [5.74, 6) is -2.59. The summed E-state index contributed by atoms with van der Waals surface area (Å²) in [7, 11) is 1.57. The van der Waals surface area contributed by atoms with Gasteiger partial charge in [-0.3, -0.25) is 14.4 Å². The van der Waals surface area contributed by atoms with Crippen LogP contribution in [0.3, 0.4) is 0 Å². The Morgan fingerprint density at radius 1 is 0.857 bits per heavy atom. The number of methoxy groups -OCH3 is 1. The van der Waals surface area contributed by atoms with Crippen molar-refractivity contribution >= 4 is 17.8 Å². The standard InChI is InChI=1S/C35H44N2O5/c1-24-14-12-19-27(31(24)26-17-10-7-11-18-26)20-13-21-28(22-30(38)39)33(40)37-32(35(2,3)4)34(41)36-29(23-42-5)25-15-8-6-9-16-25/h6-12,14-19,28-29,32H,13,20-23H2,1-5H3,(H,36,41)(H,37,40)(H,38,39)/t28-,29-,32-/m1/s1. The molecule has 0 saturated heterocycles. The summed E-state index contributed by atoms with van der Waals surface area (Å²) in [6, 6.07) is 24.6. The van der Waals surface area contributed by atoms with Crippen LogP contribution in [0.4, 0.5) is 0 Å². The van der Waals surface area contributed by atoms with E-state index in [9.17, 15) is 19.5 Å². The zero-order valence-corrected chi connectivity index (χ0v) is 25.4. The molecule has 42 heavy (non-hydrogen) atoms. The highest BCUT2D eigenvalue weighted by Crippen LogP contribution is 2.29. The van der Waals surface area contributed by atoms with Crippen molar-refractivity contribution < 1.29 is 24.2 Å². The highest BCUT2D eigenvalue weighted by Gasteiger charge is 2.36. The fourth-order valence-electron chi connectivity index (χ4n) is 5.29. The topological polar surface area (TPSA) is 105 Å². The highest BCUT2D eigenvalue weighted by molar-refractivity contribution is 5.90. The lowest BCUT2D eigenvalue weighted by Gasteiger charge is -2.33. The van der Waals surface area contributed by atoms with Gasteiger partial charge in [0.1, 0.15) is 6.04 Å². The number of aliphatic carboxylic acids is 1. The van der Waals surface area contributed by atoms with Crippen LogP contribution in [0.1, 0.15) is 62.8 Å². The predicted octanol–water partition coefficient (Wildman–Crippen LogP) is 6.11. The van der Waals surface area contributed by atoms with E-state index >= 15 is 0 Å². The van der Waals surface area contributed by atoms with Gasteiger partial charge in [-0.1, -0.05) is 99.6 Å². The number of aryl methyl sites for hydroxylation is 2. The second-order valence-electron chi connectivity index (χ2n) is 11.9. The van der Waals surface area contributed by atoms with E-state index in [4.69, 9.17) is 4.74 Å². The lowest BCUT2D eigenvalue weighted by Crippen LogP contribution is -2.55. The molecule has 0 spiro atoms. The highest BCUT2D eigenvalue weighted by atomic mass is 16.5. The SMILES string of the molecule is COC[C@@H](NC(=O)[C@@H](NC(=O)[C@H](CCCc1cccc(C)c1-c1ccccc1)CC(=O)O)C(C)(C)C)c1ccccc1. The molecule has 0 heterocycles. The van der Waals surface area contributed by atoms with Gasteiger partial charge in [0.2, 0.25) is 11.8 Å². The number of benzene rings is 3. The van der Waals surface area contributed by atoms with E-state index in [1.165, 1.54) is 11.1 Å². The van der Waals surface area contributed by atoms with Crippen LogP contribution in [-0.2, 0) is 25.5 Å². The smallest absolute Gasteiger partial charge is 0.304 e. The number of rotatable bonds is 14. The summed E-state index contributed by atoms with van der Waals surface area (Å²) in [6.45, 7) is 7.98. The van der Waals surface area contributed by atoms with E-state index in [0.717, 1.165) is 16.7 Å². The molecule has 3 atom stereocenters. The molecule has 0 radical (unpaired) electrons. The van der Waals surface area contributed by atoms with Crippen LogP contribution in [-0.4, -0.2) is 42.6 Å². The van der Waals surface area contributed by atoms with Gasteiger partial charge < -0.3 is 20.5 Å². The van der Waals surface area contributed by atoms with Crippen molar-refractivity contribution in [3.63, 3.8) is 0 Å². The second kappa shape index (κ2) is 15.3. The average Bonchev–Trinajstić information content (AvgIpc) is 2.95. The van der Waals surface area contributed by atoms with Gasteiger partial charge in [0, 0.05) is 13.0 Å². The number of carboxylic acids is 1. The van der Waals surface area contributed by atoms with Crippen molar-refractivity contribution in [3.05, 3.63) is 95.6 Å². The van der Waals surface area contributed by atoms with Crippen molar-refractivity contribution in [2.24, 2.45) is 11.3 Å². The van der Waals surface area contributed by atoms with Crippen molar-refractivity contribution in [2.45, 2.75) is 65.5 Å². The Hall–Kier alpha value is -3.97. The summed E-state index contributed by atoms with van der Waals surface area (Å²) < 4.78 is 5.35. The maximum absolute atomic E-state index is 13.5. The fourth-order valence-corrected chi connectivity index (χ4v) is 5.29. The molecule has 2 amide bonds. The van der Waals surface area contributed by atoms with Crippen LogP contribution < -0.4 is 10.6 Å². The molecular weight excluding hydrogens is 528 g/mol. The predicted molar refractivity (Wildman–Crippen MR) is 166 cm³/mol. The second-order valence-corrected chi connectivity index (χ2v) is 11.9. The van der Waals surface area contributed by atoms with E-state index in [1.807, 2.05) is 75.4 Å². The van der Waals surface area contributed by atoms with Crippen molar-refractivity contribution in [1.29, 1.82) is 0 Å².